The van der Waals surface area contributed by atoms with E-state index < -0.39 is 0 Å². The summed E-state index contributed by atoms with van der Waals surface area (Å²) in [5.41, 5.74) is 1.44. The highest BCUT2D eigenvalue weighted by Crippen LogP contribution is 2.30. The van der Waals surface area contributed by atoms with E-state index in [2.05, 4.69) is 47.4 Å². The van der Waals surface area contributed by atoms with Crippen LogP contribution >= 0.6 is 0 Å². The van der Waals surface area contributed by atoms with Gasteiger partial charge in [0.1, 0.15) is 0 Å². The molecule has 1 heteroatoms. The highest BCUT2D eigenvalue weighted by atomic mass is 15.2. The second-order valence-corrected chi connectivity index (χ2v) is 4.70. The van der Waals surface area contributed by atoms with Gasteiger partial charge < -0.3 is 0 Å². The van der Waals surface area contributed by atoms with Gasteiger partial charge in [-0.1, -0.05) is 42.5 Å². The molecule has 0 unspecified atom stereocenters. The van der Waals surface area contributed by atoms with E-state index in [1.807, 2.05) is 0 Å². The summed E-state index contributed by atoms with van der Waals surface area (Å²) < 4.78 is 0. The fraction of sp³-hybridized carbons (Fsp3) is 0.429. The predicted octanol–water partition coefficient (Wildman–Crippen LogP) is 2.84. The lowest BCUT2D eigenvalue weighted by atomic mass is 9.86. The average molecular weight is 199 g/mol. The van der Waals surface area contributed by atoms with Gasteiger partial charge in [0, 0.05) is 19.1 Å². The minimum atomic E-state index is 0.704. The molecule has 0 spiro atoms. The largest absolute Gasteiger partial charge is 0.292 e. The fourth-order valence-corrected chi connectivity index (χ4v) is 2.76. The smallest absolute Gasteiger partial charge is 0.0282 e. The van der Waals surface area contributed by atoms with Gasteiger partial charge in [-0.25, -0.2) is 0 Å². The quantitative estimate of drug-likeness (QED) is 0.662. The molecular formula is C14H17N. The third-order valence-electron chi connectivity index (χ3n) is 3.61. The Morgan fingerprint density at radius 3 is 2.53 bits per heavy atom. The summed E-state index contributed by atoms with van der Waals surface area (Å²) in [4.78, 5) is 2.61. The Hall–Kier alpha value is -1.08. The number of piperidine rings is 1. The number of rotatable bonds is 2. The molecule has 2 bridgehead atoms. The second kappa shape index (κ2) is 3.82. The summed E-state index contributed by atoms with van der Waals surface area (Å²) in [6.07, 6.45) is 7.57. The summed E-state index contributed by atoms with van der Waals surface area (Å²) in [6, 6.07) is 11.5. The zero-order chi connectivity index (χ0) is 10.1. The summed E-state index contributed by atoms with van der Waals surface area (Å²) in [5.74, 6) is 0.818. The van der Waals surface area contributed by atoms with Gasteiger partial charge in [-0.15, -0.1) is 0 Å². The Balaban J connectivity index is 1.72. The van der Waals surface area contributed by atoms with Gasteiger partial charge in [0.25, 0.3) is 0 Å². The van der Waals surface area contributed by atoms with E-state index in [0.29, 0.717) is 6.04 Å². The Kier molecular flexibility index (Phi) is 2.34. The normalized spacial score (nSPS) is 29.6. The molecule has 1 aromatic rings. The molecule has 1 fully saturated rings. The first kappa shape index (κ1) is 9.17. The Morgan fingerprint density at radius 1 is 1.07 bits per heavy atom. The van der Waals surface area contributed by atoms with E-state index in [1.54, 1.807) is 0 Å². The standard InChI is InChI=1S/C14H17N/c1-2-4-12(5-3-1)10-15-11-13-6-8-14(15)9-7-13/h1-6,8,13-14H,7,9-11H2/t13-,14+/m1/s1. The van der Waals surface area contributed by atoms with Crippen LogP contribution in [0.15, 0.2) is 42.5 Å². The first-order chi connectivity index (χ1) is 7.42. The Morgan fingerprint density at radius 2 is 1.93 bits per heavy atom. The summed E-state index contributed by atoms with van der Waals surface area (Å²) in [7, 11) is 0. The maximum Gasteiger partial charge on any atom is 0.0282 e. The zero-order valence-electron chi connectivity index (χ0n) is 8.97. The van der Waals surface area contributed by atoms with E-state index in [1.165, 1.54) is 24.9 Å². The van der Waals surface area contributed by atoms with E-state index in [4.69, 9.17) is 0 Å². The van der Waals surface area contributed by atoms with Crippen molar-refractivity contribution in [2.45, 2.75) is 25.4 Å². The molecule has 0 N–H and O–H groups in total. The van der Waals surface area contributed by atoms with Crippen LogP contribution in [0.1, 0.15) is 18.4 Å². The van der Waals surface area contributed by atoms with Crippen molar-refractivity contribution in [2.75, 3.05) is 6.54 Å². The van der Waals surface area contributed by atoms with Crippen molar-refractivity contribution in [1.29, 1.82) is 0 Å². The molecule has 2 heterocycles. The lowest BCUT2D eigenvalue weighted by molar-refractivity contribution is 0.129. The summed E-state index contributed by atoms with van der Waals surface area (Å²) >= 11 is 0. The van der Waals surface area contributed by atoms with Gasteiger partial charge in [0.2, 0.25) is 0 Å². The molecule has 0 radical (unpaired) electrons. The number of hydrogen-bond acceptors (Lipinski definition) is 1. The Labute approximate surface area is 91.4 Å². The third-order valence-corrected chi connectivity index (χ3v) is 3.61. The average Bonchev–Trinajstić information content (AvgIpc) is 2.32. The molecule has 2 atom stereocenters. The number of fused-ring (bicyclic) bond motifs is 2. The van der Waals surface area contributed by atoms with Crippen LogP contribution in [-0.2, 0) is 6.54 Å². The first-order valence-corrected chi connectivity index (χ1v) is 5.88. The van der Waals surface area contributed by atoms with Crippen LogP contribution in [0.3, 0.4) is 0 Å². The van der Waals surface area contributed by atoms with Crippen LogP contribution in [0.4, 0.5) is 0 Å². The van der Waals surface area contributed by atoms with Crippen molar-refractivity contribution >= 4 is 0 Å². The zero-order valence-corrected chi connectivity index (χ0v) is 8.97. The topological polar surface area (TPSA) is 3.24 Å². The molecule has 0 amide bonds. The van der Waals surface area contributed by atoms with Crippen LogP contribution in [0.5, 0.6) is 0 Å². The second-order valence-electron chi connectivity index (χ2n) is 4.70. The van der Waals surface area contributed by atoms with Crippen LogP contribution in [0.25, 0.3) is 0 Å². The van der Waals surface area contributed by atoms with Gasteiger partial charge in [0.05, 0.1) is 0 Å². The van der Waals surface area contributed by atoms with Crippen molar-refractivity contribution in [3.8, 4) is 0 Å². The van der Waals surface area contributed by atoms with Gasteiger partial charge in [-0.3, -0.25) is 4.90 Å². The minimum absolute atomic E-state index is 0.704. The molecule has 4 rings (SSSR count). The van der Waals surface area contributed by atoms with Crippen LogP contribution in [0, 0.1) is 5.92 Å². The number of benzene rings is 1. The maximum absolute atomic E-state index is 2.61. The van der Waals surface area contributed by atoms with Crippen molar-refractivity contribution in [2.24, 2.45) is 5.92 Å². The number of hydrogen-bond donors (Lipinski definition) is 0. The first-order valence-electron chi connectivity index (χ1n) is 5.88. The predicted molar refractivity (Wildman–Crippen MR) is 62.5 cm³/mol. The molecule has 0 saturated carbocycles. The lowest BCUT2D eigenvalue weighted by Gasteiger charge is -2.41. The molecule has 0 aromatic heterocycles. The van der Waals surface area contributed by atoms with Crippen LogP contribution in [-0.4, -0.2) is 17.5 Å². The monoisotopic (exact) mass is 199 g/mol. The van der Waals surface area contributed by atoms with Gasteiger partial charge in [-0.2, -0.15) is 0 Å². The highest BCUT2D eigenvalue weighted by molar-refractivity contribution is 5.16. The molecule has 1 aliphatic carbocycles. The molecule has 78 valence electrons. The summed E-state index contributed by atoms with van der Waals surface area (Å²) in [5, 5.41) is 0. The molecule has 1 saturated heterocycles. The van der Waals surface area contributed by atoms with Gasteiger partial charge >= 0.3 is 0 Å². The fourth-order valence-electron chi connectivity index (χ4n) is 2.76. The van der Waals surface area contributed by atoms with Crippen molar-refractivity contribution in [1.82, 2.24) is 4.90 Å². The molecule has 1 aromatic carbocycles. The molecule has 2 aliphatic heterocycles. The van der Waals surface area contributed by atoms with Gasteiger partial charge in [0.15, 0.2) is 0 Å². The van der Waals surface area contributed by atoms with E-state index in [0.717, 1.165) is 12.5 Å². The highest BCUT2D eigenvalue weighted by Gasteiger charge is 2.29. The van der Waals surface area contributed by atoms with Crippen LogP contribution < -0.4 is 0 Å². The minimum Gasteiger partial charge on any atom is -0.292 e. The van der Waals surface area contributed by atoms with Crippen molar-refractivity contribution in [3.05, 3.63) is 48.0 Å². The van der Waals surface area contributed by atoms with Crippen molar-refractivity contribution in [3.63, 3.8) is 0 Å². The number of nitrogens with zero attached hydrogens (tertiary/aromatic N) is 1. The third kappa shape index (κ3) is 1.84. The van der Waals surface area contributed by atoms with Crippen molar-refractivity contribution < 1.29 is 0 Å². The van der Waals surface area contributed by atoms with Crippen LogP contribution in [0.2, 0.25) is 0 Å². The van der Waals surface area contributed by atoms with E-state index >= 15 is 0 Å². The van der Waals surface area contributed by atoms with E-state index in [-0.39, 0.29) is 0 Å². The van der Waals surface area contributed by atoms with Gasteiger partial charge in [-0.05, 0) is 24.3 Å². The molecule has 15 heavy (non-hydrogen) atoms. The molecular weight excluding hydrogens is 182 g/mol. The van der Waals surface area contributed by atoms with E-state index in [9.17, 15) is 0 Å². The maximum atomic E-state index is 2.61. The molecule has 1 nitrogen and oxygen atoms in total. The Bertz CT molecular complexity index is 355. The SMILES string of the molecule is C1=C[C@H]2CC[C@@H]1CN2Cc1ccccc1. The lowest BCUT2D eigenvalue weighted by Crippen LogP contribution is -2.44. The summed E-state index contributed by atoms with van der Waals surface area (Å²) in [6.45, 7) is 2.38. The molecule has 3 aliphatic rings.